The lowest BCUT2D eigenvalue weighted by molar-refractivity contribution is -0.121. The van der Waals surface area contributed by atoms with Crippen molar-refractivity contribution in [3.8, 4) is 17.5 Å². The summed E-state index contributed by atoms with van der Waals surface area (Å²) in [5.41, 5.74) is 4.15. The molecule has 5 aromatic rings. The Balaban J connectivity index is 1.32. The van der Waals surface area contributed by atoms with E-state index < -0.39 is 0 Å². The number of nitrogens with zero attached hydrogens (tertiary/aromatic N) is 4. The number of fused-ring (bicyclic) bond motifs is 1. The van der Waals surface area contributed by atoms with Crippen molar-refractivity contribution >= 4 is 22.5 Å². The summed E-state index contributed by atoms with van der Waals surface area (Å²) in [5.74, 6) is 0.109. The van der Waals surface area contributed by atoms with Crippen LogP contribution in [-0.4, -0.2) is 32.0 Å². The van der Waals surface area contributed by atoms with Crippen LogP contribution >= 0.6 is 0 Å². The van der Waals surface area contributed by atoms with E-state index in [1.54, 1.807) is 24.5 Å². The number of hydrogen-bond acceptors (Lipinski definition) is 6. The van der Waals surface area contributed by atoms with Crippen LogP contribution in [0.25, 0.3) is 22.3 Å². The van der Waals surface area contributed by atoms with Crippen molar-refractivity contribution in [2.75, 3.05) is 11.9 Å². The quantitative estimate of drug-likeness (QED) is 0.282. The first kappa shape index (κ1) is 24.5. The Labute approximate surface area is 218 Å². The van der Waals surface area contributed by atoms with Crippen LogP contribution in [0.5, 0.6) is 0 Å². The van der Waals surface area contributed by atoms with E-state index in [4.69, 9.17) is 5.26 Å². The third kappa shape index (κ3) is 5.60. The highest BCUT2D eigenvalue weighted by Crippen LogP contribution is 2.17. The summed E-state index contributed by atoms with van der Waals surface area (Å²) >= 11 is 0. The minimum absolute atomic E-state index is 0.178. The molecular formula is C29H25N7O2. The molecular weight excluding hydrogens is 478 g/mol. The number of carbonyl (C=O) groups excluding carboxylic acids is 1. The SMILES string of the molecule is N#Cc1ccc(CCNc2cnc(-c3ccccc3)n(CC(=O)NCc3cc4cnccc4[nH]3)c2=O)cc1. The highest BCUT2D eigenvalue weighted by molar-refractivity contribution is 5.80. The zero-order valence-electron chi connectivity index (χ0n) is 20.5. The van der Waals surface area contributed by atoms with Gasteiger partial charge in [-0.25, -0.2) is 4.98 Å². The largest absolute Gasteiger partial charge is 0.379 e. The van der Waals surface area contributed by atoms with Gasteiger partial charge in [-0.3, -0.25) is 19.1 Å². The van der Waals surface area contributed by atoms with Crippen LogP contribution in [0.3, 0.4) is 0 Å². The number of pyridine rings is 1. The molecule has 0 spiro atoms. The molecule has 3 N–H and O–H groups in total. The lowest BCUT2D eigenvalue weighted by Gasteiger charge is -2.15. The Morgan fingerprint density at radius 3 is 2.63 bits per heavy atom. The molecule has 3 aromatic heterocycles. The van der Waals surface area contributed by atoms with Gasteiger partial charge in [0.25, 0.3) is 5.56 Å². The Kier molecular flexibility index (Phi) is 7.23. The highest BCUT2D eigenvalue weighted by atomic mass is 16.2. The van der Waals surface area contributed by atoms with E-state index in [2.05, 4.69) is 31.7 Å². The van der Waals surface area contributed by atoms with Gasteiger partial charge in [-0.1, -0.05) is 42.5 Å². The molecule has 0 bridgehead atoms. The fourth-order valence-corrected chi connectivity index (χ4v) is 4.19. The fraction of sp³-hybridized carbons (Fsp3) is 0.138. The summed E-state index contributed by atoms with van der Waals surface area (Å²) in [4.78, 5) is 38.3. The fourth-order valence-electron chi connectivity index (χ4n) is 4.19. The number of aromatic nitrogens is 4. The standard InChI is InChI=1S/C29H25N7O2/c30-15-21-8-6-20(7-9-21)10-13-32-26-18-34-28(22-4-2-1-3-5-22)36(29(26)38)19-27(37)33-17-24-14-23-16-31-12-11-25(23)35-24/h1-9,11-12,14,16,18,32,35H,10,13,17,19H2,(H,33,37). The maximum absolute atomic E-state index is 13.4. The molecule has 0 aliphatic heterocycles. The minimum atomic E-state index is -0.328. The predicted molar refractivity (Wildman–Crippen MR) is 145 cm³/mol. The number of hydrogen-bond donors (Lipinski definition) is 3. The van der Waals surface area contributed by atoms with Gasteiger partial charge in [0.15, 0.2) is 0 Å². The lowest BCUT2D eigenvalue weighted by Crippen LogP contribution is -2.34. The van der Waals surface area contributed by atoms with Crippen molar-refractivity contribution < 1.29 is 4.79 Å². The van der Waals surface area contributed by atoms with E-state index in [1.165, 1.54) is 10.8 Å². The molecule has 0 radical (unpaired) electrons. The second kappa shape index (κ2) is 11.2. The molecule has 0 fully saturated rings. The maximum atomic E-state index is 13.4. The molecule has 188 valence electrons. The molecule has 0 aliphatic carbocycles. The number of nitriles is 1. The molecule has 2 aromatic carbocycles. The lowest BCUT2D eigenvalue weighted by atomic mass is 10.1. The Morgan fingerprint density at radius 2 is 1.87 bits per heavy atom. The number of benzene rings is 2. The molecule has 0 atom stereocenters. The average Bonchev–Trinajstić information content (AvgIpc) is 3.38. The third-order valence-corrected chi connectivity index (χ3v) is 6.15. The average molecular weight is 504 g/mol. The van der Waals surface area contributed by atoms with Gasteiger partial charge in [0.2, 0.25) is 5.91 Å². The summed E-state index contributed by atoms with van der Waals surface area (Å²) in [5, 5.41) is 16.0. The van der Waals surface area contributed by atoms with Crippen LogP contribution in [0, 0.1) is 11.3 Å². The van der Waals surface area contributed by atoms with E-state index in [1.807, 2.05) is 54.6 Å². The van der Waals surface area contributed by atoms with Crippen molar-refractivity contribution in [3.63, 3.8) is 0 Å². The van der Waals surface area contributed by atoms with E-state index in [0.717, 1.165) is 27.7 Å². The first-order valence-electron chi connectivity index (χ1n) is 12.2. The van der Waals surface area contributed by atoms with Gasteiger partial charge < -0.3 is 15.6 Å². The highest BCUT2D eigenvalue weighted by Gasteiger charge is 2.15. The molecule has 9 heteroatoms. The molecule has 5 rings (SSSR count). The monoisotopic (exact) mass is 503 g/mol. The number of carbonyl (C=O) groups is 1. The summed E-state index contributed by atoms with van der Waals surface area (Å²) in [6.45, 7) is 0.608. The van der Waals surface area contributed by atoms with Crippen LogP contribution in [0.15, 0.2) is 90.1 Å². The van der Waals surface area contributed by atoms with Crippen LogP contribution in [-0.2, 0) is 24.3 Å². The van der Waals surface area contributed by atoms with Crippen molar-refractivity contribution in [1.29, 1.82) is 5.26 Å². The van der Waals surface area contributed by atoms with Crippen molar-refractivity contribution in [3.05, 3.63) is 112 Å². The summed E-state index contributed by atoms with van der Waals surface area (Å²) in [6.07, 6.45) is 5.63. The van der Waals surface area contributed by atoms with Gasteiger partial charge in [0.05, 0.1) is 24.4 Å². The Morgan fingerprint density at radius 1 is 1.05 bits per heavy atom. The predicted octanol–water partition coefficient (Wildman–Crippen LogP) is 3.63. The van der Waals surface area contributed by atoms with Gasteiger partial charge in [0, 0.05) is 41.1 Å². The molecule has 3 heterocycles. The number of nitrogens with one attached hydrogen (secondary N) is 3. The topological polar surface area (TPSA) is 128 Å². The number of rotatable bonds is 9. The van der Waals surface area contributed by atoms with E-state index >= 15 is 0 Å². The van der Waals surface area contributed by atoms with Gasteiger partial charge in [-0.2, -0.15) is 5.26 Å². The number of H-pyrrole nitrogens is 1. The van der Waals surface area contributed by atoms with Crippen LogP contribution < -0.4 is 16.2 Å². The summed E-state index contributed by atoms with van der Waals surface area (Å²) in [6, 6.07) is 22.5. The van der Waals surface area contributed by atoms with E-state index in [0.29, 0.717) is 36.6 Å². The molecule has 9 nitrogen and oxygen atoms in total. The second-order valence-electron chi connectivity index (χ2n) is 8.77. The van der Waals surface area contributed by atoms with E-state index in [9.17, 15) is 9.59 Å². The zero-order chi connectivity index (χ0) is 26.3. The zero-order valence-corrected chi connectivity index (χ0v) is 20.5. The first-order chi connectivity index (χ1) is 18.6. The van der Waals surface area contributed by atoms with E-state index in [-0.39, 0.29) is 18.0 Å². The first-order valence-corrected chi connectivity index (χ1v) is 12.2. The number of anilines is 1. The summed E-state index contributed by atoms with van der Waals surface area (Å²) in [7, 11) is 0. The maximum Gasteiger partial charge on any atom is 0.277 e. The molecule has 0 saturated carbocycles. The smallest absolute Gasteiger partial charge is 0.277 e. The van der Waals surface area contributed by atoms with Gasteiger partial charge in [0.1, 0.15) is 18.1 Å². The van der Waals surface area contributed by atoms with Crippen molar-refractivity contribution in [2.45, 2.75) is 19.5 Å². The van der Waals surface area contributed by atoms with Crippen LogP contribution in [0.2, 0.25) is 0 Å². The molecule has 0 unspecified atom stereocenters. The minimum Gasteiger partial charge on any atom is -0.379 e. The Hall–Kier alpha value is -5.23. The molecule has 1 amide bonds. The summed E-state index contributed by atoms with van der Waals surface area (Å²) < 4.78 is 1.39. The van der Waals surface area contributed by atoms with Crippen molar-refractivity contribution in [1.82, 2.24) is 24.8 Å². The van der Waals surface area contributed by atoms with Gasteiger partial charge >= 0.3 is 0 Å². The molecule has 0 saturated heterocycles. The number of aromatic amines is 1. The Bertz CT molecular complexity index is 1630. The van der Waals surface area contributed by atoms with Gasteiger partial charge in [-0.05, 0) is 36.2 Å². The number of amides is 1. The second-order valence-corrected chi connectivity index (χ2v) is 8.77. The van der Waals surface area contributed by atoms with Crippen LogP contribution in [0.4, 0.5) is 5.69 Å². The van der Waals surface area contributed by atoms with Crippen molar-refractivity contribution in [2.24, 2.45) is 0 Å². The van der Waals surface area contributed by atoms with Crippen LogP contribution in [0.1, 0.15) is 16.8 Å². The normalized spacial score (nSPS) is 10.7. The molecule has 0 aliphatic rings. The molecule has 38 heavy (non-hydrogen) atoms. The van der Waals surface area contributed by atoms with Gasteiger partial charge in [-0.15, -0.1) is 0 Å². The third-order valence-electron chi connectivity index (χ3n) is 6.15.